The first kappa shape index (κ1) is 15.4. The van der Waals surface area contributed by atoms with E-state index in [9.17, 15) is 31.9 Å². The van der Waals surface area contributed by atoms with Crippen LogP contribution >= 0.6 is 11.3 Å². The molecule has 1 N–H and O–H groups in total. The van der Waals surface area contributed by atoms with Crippen molar-refractivity contribution in [2.24, 2.45) is 0 Å². The van der Waals surface area contributed by atoms with Crippen LogP contribution < -0.4 is 0 Å². The summed E-state index contributed by atoms with van der Waals surface area (Å²) in [5.74, 6) is -9.54. The first-order valence-electron chi connectivity index (χ1n) is 6.10. The highest BCUT2D eigenvalue weighted by atomic mass is 32.1. The van der Waals surface area contributed by atoms with Gasteiger partial charge >= 0.3 is 5.97 Å². The summed E-state index contributed by atoms with van der Waals surface area (Å²) in [5, 5.41) is 9.31. The Bertz CT molecular complexity index is 964. The summed E-state index contributed by atoms with van der Waals surface area (Å²) < 4.78 is 67.4. The molecule has 0 unspecified atom stereocenters. The third kappa shape index (κ3) is 2.35. The van der Waals surface area contributed by atoms with Gasteiger partial charge in [0, 0.05) is 21.2 Å². The van der Waals surface area contributed by atoms with Crippen molar-refractivity contribution < 1.29 is 31.9 Å². The number of halogens is 5. The van der Waals surface area contributed by atoms with Crippen molar-refractivity contribution in [1.82, 2.24) is 0 Å². The number of hydrogen-bond acceptors (Lipinski definition) is 2. The van der Waals surface area contributed by atoms with Gasteiger partial charge in [-0.15, -0.1) is 11.3 Å². The molecule has 1 heterocycles. The Kier molecular flexibility index (Phi) is 3.56. The number of carbonyl (C=O) groups is 1. The average Bonchev–Trinajstić information content (AvgIpc) is 2.87. The van der Waals surface area contributed by atoms with Gasteiger partial charge in [-0.05, 0) is 24.3 Å². The van der Waals surface area contributed by atoms with Crippen LogP contribution in [0.1, 0.15) is 9.67 Å². The predicted molar refractivity (Wildman–Crippen MR) is 74.0 cm³/mol. The third-order valence-corrected chi connectivity index (χ3v) is 4.36. The molecule has 0 saturated carbocycles. The minimum atomic E-state index is -2.04. The van der Waals surface area contributed by atoms with Gasteiger partial charge in [-0.1, -0.05) is 0 Å². The van der Waals surface area contributed by atoms with Gasteiger partial charge in [-0.25, -0.2) is 26.7 Å². The van der Waals surface area contributed by atoms with Gasteiger partial charge in [0.25, 0.3) is 0 Å². The molecule has 0 aliphatic rings. The van der Waals surface area contributed by atoms with Crippen LogP contribution in [0, 0.1) is 29.1 Å². The lowest BCUT2D eigenvalue weighted by atomic mass is 10.0. The lowest BCUT2D eigenvalue weighted by Gasteiger charge is -2.07. The Labute approximate surface area is 129 Å². The minimum Gasteiger partial charge on any atom is -0.477 e. The number of benzene rings is 2. The Morgan fingerprint density at radius 3 is 2.30 bits per heavy atom. The summed E-state index contributed by atoms with van der Waals surface area (Å²) >= 11 is 0.621. The summed E-state index contributed by atoms with van der Waals surface area (Å²) in [7, 11) is 0. The van der Waals surface area contributed by atoms with Gasteiger partial charge in [-0.2, -0.15) is 0 Å². The first-order valence-corrected chi connectivity index (χ1v) is 6.91. The molecule has 2 nitrogen and oxygen atoms in total. The molecule has 0 atom stereocenters. The highest BCUT2D eigenvalue weighted by molar-refractivity contribution is 7.21. The molecular formula is C15H5F5O2S. The summed E-state index contributed by atoms with van der Waals surface area (Å²) in [5.41, 5.74) is -1.07. The van der Waals surface area contributed by atoms with Crippen LogP contribution in [-0.2, 0) is 0 Å². The fourth-order valence-corrected chi connectivity index (χ4v) is 3.32. The molecule has 0 aliphatic carbocycles. The molecule has 1 aromatic heterocycles. The monoisotopic (exact) mass is 344 g/mol. The van der Waals surface area contributed by atoms with Crippen molar-refractivity contribution in [2.45, 2.75) is 0 Å². The maximum absolute atomic E-state index is 14.0. The topological polar surface area (TPSA) is 37.3 Å². The summed E-state index contributed by atoms with van der Waals surface area (Å²) in [6.45, 7) is 0. The van der Waals surface area contributed by atoms with Crippen molar-refractivity contribution in [3.8, 4) is 11.1 Å². The predicted octanol–water partition coefficient (Wildman–Crippen LogP) is 4.96. The number of carboxylic acids is 1. The van der Waals surface area contributed by atoms with E-state index in [0.717, 1.165) is 12.1 Å². The van der Waals surface area contributed by atoms with E-state index in [0.29, 0.717) is 17.4 Å². The Hall–Kier alpha value is -2.48. The molecule has 2 aromatic carbocycles. The number of rotatable bonds is 2. The molecule has 3 rings (SSSR count). The van der Waals surface area contributed by atoms with E-state index < -0.39 is 45.5 Å². The summed E-state index contributed by atoms with van der Waals surface area (Å²) in [6, 6.07) is 3.56. The second kappa shape index (κ2) is 5.31. The van der Waals surface area contributed by atoms with Crippen LogP contribution in [0.3, 0.4) is 0 Å². The minimum absolute atomic E-state index is 0.0955. The van der Waals surface area contributed by atoms with Crippen LogP contribution in [0.5, 0.6) is 0 Å². The second-order valence-corrected chi connectivity index (χ2v) is 5.65. The number of thiophene rings is 1. The average molecular weight is 344 g/mol. The van der Waals surface area contributed by atoms with Crippen LogP contribution in [0.15, 0.2) is 24.3 Å². The van der Waals surface area contributed by atoms with Gasteiger partial charge < -0.3 is 5.11 Å². The first-order chi connectivity index (χ1) is 10.8. The lowest BCUT2D eigenvalue weighted by Crippen LogP contribution is -2.01. The molecule has 0 bridgehead atoms. The zero-order chi connectivity index (χ0) is 16.9. The van der Waals surface area contributed by atoms with Gasteiger partial charge in [0.05, 0.1) is 0 Å². The zero-order valence-corrected chi connectivity index (χ0v) is 11.8. The van der Waals surface area contributed by atoms with Gasteiger partial charge in [0.2, 0.25) is 0 Å². The van der Waals surface area contributed by atoms with E-state index in [-0.39, 0.29) is 15.6 Å². The Morgan fingerprint density at radius 1 is 0.957 bits per heavy atom. The summed E-state index contributed by atoms with van der Waals surface area (Å²) in [6.07, 6.45) is 0. The highest BCUT2D eigenvalue weighted by Gasteiger charge is 2.26. The molecule has 3 aromatic rings. The maximum atomic E-state index is 14.0. The third-order valence-electron chi connectivity index (χ3n) is 3.22. The molecule has 8 heteroatoms. The molecule has 0 saturated heterocycles. The zero-order valence-electron chi connectivity index (χ0n) is 11.0. The van der Waals surface area contributed by atoms with Crippen molar-refractivity contribution in [2.75, 3.05) is 0 Å². The van der Waals surface area contributed by atoms with E-state index in [2.05, 4.69) is 0 Å². The number of hydrogen-bond donors (Lipinski definition) is 1. The normalized spacial score (nSPS) is 11.2. The molecular weight excluding hydrogens is 339 g/mol. The smallest absolute Gasteiger partial charge is 0.346 e. The van der Waals surface area contributed by atoms with E-state index >= 15 is 0 Å². The largest absolute Gasteiger partial charge is 0.477 e. The van der Waals surface area contributed by atoms with E-state index in [1.54, 1.807) is 0 Å². The SMILES string of the molecule is O=C(O)c1sc2cc(F)ccc2c1-c1cc(F)c(F)c(F)c1F. The molecule has 0 fully saturated rings. The standard InChI is InChI=1S/C15H5F5O2S/c16-5-1-2-6-9(3-5)23-14(15(21)22)10(6)7-4-8(17)12(19)13(20)11(7)18/h1-4H,(H,21,22). The van der Waals surface area contributed by atoms with Gasteiger partial charge in [0.1, 0.15) is 10.7 Å². The molecule has 118 valence electrons. The van der Waals surface area contributed by atoms with Crippen molar-refractivity contribution >= 4 is 27.4 Å². The second-order valence-electron chi connectivity index (χ2n) is 4.60. The van der Waals surface area contributed by atoms with E-state index in [1.165, 1.54) is 6.07 Å². The number of carboxylic acid groups (broad SMARTS) is 1. The summed E-state index contributed by atoms with van der Waals surface area (Å²) in [4.78, 5) is 10.9. The van der Waals surface area contributed by atoms with Crippen molar-refractivity contribution in [1.29, 1.82) is 0 Å². The van der Waals surface area contributed by atoms with Crippen LogP contribution in [0.4, 0.5) is 22.0 Å². The Morgan fingerprint density at radius 2 is 1.65 bits per heavy atom. The molecule has 0 aliphatic heterocycles. The fourth-order valence-electron chi connectivity index (χ4n) is 2.24. The van der Waals surface area contributed by atoms with Gasteiger partial charge in [-0.3, -0.25) is 0 Å². The molecule has 0 amide bonds. The number of aromatic carboxylic acids is 1. The molecule has 0 spiro atoms. The highest BCUT2D eigenvalue weighted by Crippen LogP contribution is 2.41. The van der Waals surface area contributed by atoms with Crippen LogP contribution in [-0.4, -0.2) is 11.1 Å². The van der Waals surface area contributed by atoms with Crippen LogP contribution in [0.25, 0.3) is 21.2 Å². The van der Waals surface area contributed by atoms with E-state index in [4.69, 9.17) is 0 Å². The Balaban J connectivity index is 2.45. The van der Waals surface area contributed by atoms with Crippen LogP contribution in [0.2, 0.25) is 0 Å². The quantitative estimate of drug-likeness (QED) is 0.405. The molecule has 0 radical (unpaired) electrons. The lowest BCUT2D eigenvalue weighted by molar-refractivity contribution is 0.0703. The van der Waals surface area contributed by atoms with Crippen molar-refractivity contribution in [3.05, 3.63) is 58.2 Å². The van der Waals surface area contributed by atoms with E-state index in [1.807, 2.05) is 0 Å². The maximum Gasteiger partial charge on any atom is 0.346 e. The number of fused-ring (bicyclic) bond motifs is 1. The fraction of sp³-hybridized carbons (Fsp3) is 0. The molecule has 23 heavy (non-hydrogen) atoms. The van der Waals surface area contributed by atoms with Crippen molar-refractivity contribution in [3.63, 3.8) is 0 Å². The van der Waals surface area contributed by atoms with Gasteiger partial charge in [0.15, 0.2) is 23.3 Å².